The molecule has 160 valence electrons. The molecule has 1 aliphatic rings. The number of hydrogen-bond donors (Lipinski definition) is 1. The van der Waals surface area contributed by atoms with Gasteiger partial charge < -0.3 is 14.6 Å². The smallest absolute Gasteiger partial charge is 0.414 e. The minimum absolute atomic E-state index is 0.197. The molecule has 0 bridgehead atoms. The van der Waals surface area contributed by atoms with E-state index in [0.717, 1.165) is 24.1 Å². The van der Waals surface area contributed by atoms with Gasteiger partial charge in [-0.15, -0.1) is 0 Å². The quantitative estimate of drug-likeness (QED) is 0.633. The summed E-state index contributed by atoms with van der Waals surface area (Å²) in [4.78, 5) is 28.6. The summed E-state index contributed by atoms with van der Waals surface area (Å²) < 4.78 is 22.1. The highest BCUT2D eigenvalue weighted by atomic mass is 19.1. The van der Waals surface area contributed by atoms with Gasteiger partial charge in [0.1, 0.15) is 11.9 Å². The molecule has 2 aromatic carbocycles. The van der Waals surface area contributed by atoms with Crippen LogP contribution < -0.4 is 10.2 Å². The summed E-state index contributed by atoms with van der Waals surface area (Å²) in [6.07, 6.45) is 5.29. The summed E-state index contributed by atoms with van der Waals surface area (Å²) in [5.74, 6) is -0.612. The third-order valence-corrected chi connectivity index (χ3v) is 5.20. The van der Waals surface area contributed by atoms with Crippen LogP contribution in [0.4, 0.5) is 14.9 Å². The van der Waals surface area contributed by atoms with E-state index in [4.69, 9.17) is 4.74 Å². The van der Waals surface area contributed by atoms with E-state index in [2.05, 4.69) is 10.3 Å². The molecule has 1 atom stereocenters. The molecule has 0 saturated carbocycles. The monoisotopic (exact) mass is 422 g/mol. The van der Waals surface area contributed by atoms with Gasteiger partial charge in [-0.2, -0.15) is 0 Å². The van der Waals surface area contributed by atoms with E-state index in [0.29, 0.717) is 11.3 Å². The Bertz CT molecular complexity index is 1070. The average Bonchev–Trinajstić information content (AvgIpc) is 3.41. The summed E-state index contributed by atoms with van der Waals surface area (Å²) in [6, 6.07) is 12.5. The lowest BCUT2D eigenvalue weighted by atomic mass is 10.0. The first-order valence-corrected chi connectivity index (χ1v) is 10.1. The van der Waals surface area contributed by atoms with Crippen molar-refractivity contribution in [3.8, 4) is 11.1 Å². The Kier molecular flexibility index (Phi) is 5.97. The number of hydrogen-bond acceptors (Lipinski definition) is 4. The maximum atomic E-state index is 14.9. The van der Waals surface area contributed by atoms with Gasteiger partial charge in [0, 0.05) is 31.4 Å². The highest BCUT2D eigenvalue weighted by Crippen LogP contribution is 2.29. The van der Waals surface area contributed by atoms with Gasteiger partial charge in [0.25, 0.3) is 0 Å². The average molecular weight is 422 g/mol. The fourth-order valence-corrected chi connectivity index (χ4v) is 3.53. The summed E-state index contributed by atoms with van der Waals surface area (Å²) in [5, 5.41) is 2.62. The molecule has 31 heavy (non-hydrogen) atoms. The highest BCUT2D eigenvalue weighted by molar-refractivity contribution is 5.90. The van der Waals surface area contributed by atoms with E-state index in [1.165, 1.54) is 17.9 Å². The molecule has 0 radical (unpaired) electrons. The number of carbonyl (C=O) groups is 2. The van der Waals surface area contributed by atoms with Crippen LogP contribution in [0.3, 0.4) is 0 Å². The highest BCUT2D eigenvalue weighted by Gasteiger charge is 2.32. The van der Waals surface area contributed by atoms with E-state index in [1.54, 1.807) is 24.7 Å². The topological polar surface area (TPSA) is 76.5 Å². The van der Waals surface area contributed by atoms with Gasteiger partial charge in [0.15, 0.2) is 0 Å². The molecule has 1 N–H and O–H groups in total. The van der Waals surface area contributed by atoms with Crippen molar-refractivity contribution < 1.29 is 18.7 Å². The van der Waals surface area contributed by atoms with Crippen LogP contribution in [0.5, 0.6) is 0 Å². The van der Waals surface area contributed by atoms with Gasteiger partial charge in [-0.3, -0.25) is 9.69 Å². The first-order chi connectivity index (χ1) is 15.0. The molecule has 8 heteroatoms. The van der Waals surface area contributed by atoms with E-state index < -0.39 is 18.0 Å². The summed E-state index contributed by atoms with van der Waals surface area (Å²) in [6.45, 7) is 2.71. The number of aryl methyl sites for hydroxylation is 2. The Hall–Kier alpha value is -3.68. The van der Waals surface area contributed by atoms with Crippen molar-refractivity contribution in [2.24, 2.45) is 0 Å². The van der Waals surface area contributed by atoms with Crippen LogP contribution in [0.25, 0.3) is 11.1 Å². The van der Waals surface area contributed by atoms with E-state index in [1.807, 2.05) is 35.0 Å². The molecular weight excluding hydrogens is 399 g/mol. The van der Waals surface area contributed by atoms with Crippen molar-refractivity contribution in [1.82, 2.24) is 14.9 Å². The number of benzene rings is 2. The number of imidazole rings is 1. The van der Waals surface area contributed by atoms with Crippen LogP contribution in [0.2, 0.25) is 0 Å². The molecule has 1 aliphatic heterocycles. The van der Waals surface area contributed by atoms with Crippen LogP contribution in [0, 0.1) is 5.82 Å². The molecule has 3 aromatic rings. The van der Waals surface area contributed by atoms with Crippen molar-refractivity contribution >= 4 is 17.7 Å². The minimum Gasteiger partial charge on any atom is -0.442 e. The largest absolute Gasteiger partial charge is 0.442 e. The van der Waals surface area contributed by atoms with Crippen LogP contribution >= 0.6 is 0 Å². The lowest BCUT2D eigenvalue weighted by Crippen LogP contribution is -2.33. The van der Waals surface area contributed by atoms with Crippen LogP contribution in [-0.2, 0) is 22.5 Å². The zero-order chi connectivity index (χ0) is 21.8. The number of rotatable bonds is 7. The standard InChI is InChI=1S/C23H23FN4O3/c1-16(29)26-13-20-14-28(23(30)31-20)19-6-7-21(22(24)12-19)18-4-2-17(3-5-18)8-10-27-11-9-25-15-27/h2-7,9,11-12,15,20H,8,10,13-14H2,1H3,(H,26,29)/t20-/m0/s1. The van der Waals surface area contributed by atoms with Crippen molar-refractivity contribution in [3.05, 3.63) is 72.6 Å². The van der Waals surface area contributed by atoms with Gasteiger partial charge in [0.2, 0.25) is 5.91 Å². The Morgan fingerprint density at radius 2 is 2.06 bits per heavy atom. The number of amides is 2. The van der Waals surface area contributed by atoms with Gasteiger partial charge in [-0.1, -0.05) is 24.3 Å². The van der Waals surface area contributed by atoms with Crippen molar-refractivity contribution in [2.75, 3.05) is 18.0 Å². The number of ether oxygens (including phenoxy) is 1. The van der Waals surface area contributed by atoms with Gasteiger partial charge >= 0.3 is 6.09 Å². The molecule has 7 nitrogen and oxygen atoms in total. The molecule has 2 heterocycles. The third-order valence-electron chi connectivity index (χ3n) is 5.20. The van der Waals surface area contributed by atoms with E-state index >= 15 is 0 Å². The number of halogens is 1. The van der Waals surface area contributed by atoms with E-state index in [-0.39, 0.29) is 19.0 Å². The maximum Gasteiger partial charge on any atom is 0.414 e. The second-order valence-corrected chi connectivity index (χ2v) is 7.47. The second kappa shape index (κ2) is 8.99. The molecule has 1 saturated heterocycles. The number of aromatic nitrogens is 2. The van der Waals surface area contributed by atoms with Crippen LogP contribution in [0.15, 0.2) is 61.2 Å². The lowest BCUT2D eigenvalue weighted by Gasteiger charge is -2.15. The fourth-order valence-electron chi connectivity index (χ4n) is 3.53. The normalized spacial score (nSPS) is 15.7. The number of nitrogens with one attached hydrogen (secondary N) is 1. The van der Waals surface area contributed by atoms with E-state index in [9.17, 15) is 14.0 Å². The number of anilines is 1. The minimum atomic E-state index is -0.551. The molecule has 4 rings (SSSR count). The van der Waals surface area contributed by atoms with Crippen LogP contribution in [-0.4, -0.2) is 40.7 Å². The van der Waals surface area contributed by atoms with Crippen molar-refractivity contribution in [2.45, 2.75) is 26.0 Å². The number of nitrogens with zero attached hydrogens (tertiary/aromatic N) is 3. The van der Waals surface area contributed by atoms with Gasteiger partial charge in [-0.05, 0) is 35.7 Å². The lowest BCUT2D eigenvalue weighted by molar-refractivity contribution is -0.119. The molecule has 1 fully saturated rings. The van der Waals surface area contributed by atoms with Crippen LogP contribution in [0.1, 0.15) is 12.5 Å². The molecule has 0 spiro atoms. The Balaban J connectivity index is 1.42. The Labute approximate surface area is 179 Å². The van der Waals surface area contributed by atoms with Crippen molar-refractivity contribution in [1.29, 1.82) is 0 Å². The SMILES string of the molecule is CC(=O)NC[C@H]1CN(c2ccc(-c3ccc(CCn4ccnc4)cc3)c(F)c2)C(=O)O1. The summed E-state index contributed by atoms with van der Waals surface area (Å²) >= 11 is 0. The Morgan fingerprint density at radius 1 is 1.26 bits per heavy atom. The molecule has 2 amide bonds. The fraction of sp³-hybridized carbons (Fsp3) is 0.261. The summed E-state index contributed by atoms with van der Waals surface area (Å²) in [7, 11) is 0. The molecule has 0 unspecified atom stereocenters. The molecule has 1 aromatic heterocycles. The zero-order valence-electron chi connectivity index (χ0n) is 17.1. The summed E-state index contributed by atoms with van der Waals surface area (Å²) in [5.41, 5.74) is 2.81. The predicted molar refractivity (Wildman–Crippen MR) is 114 cm³/mol. The first-order valence-electron chi connectivity index (χ1n) is 10.1. The Morgan fingerprint density at radius 3 is 2.74 bits per heavy atom. The molecular formula is C23H23FN4O3. The number of carbonyl (C=O) groups excluding carboxylic acids is 2. The second-order valence-electron chi connectivity index (χ2n) is 7.47. The maximum absolute atomic E-state index is 14.9. The van der Waals surface area contributed by atoms with Crippen molar-refractivity contribution in [3.63, 3.8) is 0 Å². The molecule has 0 aliphatic carbocycles. The zero-order valence-corrected chi connectivity index (χ0v) is 17.1. The predicted octanol–water partition coefficient (Wildman–Crippen LogP) is 3.39. The van der Waals surface area contributed by atoms with Gasteiger partial charge in [0.05, 0.1) is 25.1 Å². The first kappa shape index (κ1) is 20.6. The third kappa shape index (κ3) is 4.91. The number of cyclic esters (lactones) is 1. The van der Waals surface area contributed by atoms with Gasteiger partial charge in [-0.25, -0.2) is 14.2 Å².